The molecule has 1 aliphatic heterocycles. The third kappa shape index (κ3) is 2.16. The molecule has 1 saturated heterocycles. The minimum absolute atomic E-state index is 0.0759. The number of aliphatic hydroxyl groups is 1. The van der Waals surface area contributed by atoms with E-state index in [-0.39, 0.29) is 17.2 Å². The van der Waals surface area contributed by atoms with Crippen molar-refractivity contribution in [1.82, 2.24) is 4.90 Å². The van der Waals surface area contributed by atoms with Crippen LogP contribution in [-0.2, 0) is 16.6 Å². The Morgan fingerprint density at radius 3 is 2.92 bits per heavy atom. The average molecular weight is 341 g/mol. The van der Waals surface area contributed by atoms with Crippen LogP contribution in [0.3, 0.4) is 0 Å². The highest BCUT2D eigenvalue weighted by Gasteiger charge is 2.64. The number of ketones is 1. The summed E-state index contributed by atoms with van der Waals surface area (Å²) in [5, 5.41) is 11.9. The molecule has 1 unspecified atom stereocenters. The largest absolute Gasteiger partial charge is 0.497 e. The number of nitrogens with zero attached hydrogens (tertiary/aromatic N) is 1. The molecule has 0 radical (unpaired) electrons. The Morgan fingerprint density at radius 1 is 1.32 bits per heavy atom. The van der Waals surface area contributed by atoms with E-state index in [4.69, 9.17) is 4.74 Å². The van der Waals surface area contributed by atoms with Gasteiger partial charge >= 0.3 is 0 Å². The lowest BCUT2D eigenvalue weighted by Gasteiger charge is -2.63. The number of carbonyl (C=O) groups excluding carboxylic acids is 1. The molecule has 1 heterocycles. The molecule has 3 atom stereocenters. The van der Waals surface area contributed by atoms with Gasteiger partial charge in [-0.2, -0.15) is 0 Å². The number of methoxy groups -OCH3 is 1. The van der Waals surface area contributed by atoms with Crippen LogP contribution < -0.4 is 4.74 Å². The summed E-state index contributed by atoms with van der Waals surface area (Å²) in [5.41, 5.74) is 1.37. The number of piperidine rings is 1. The van der Waals surface area contributed by atoms with Gasteiger partial charge in [-0.15, -0.1) is 0 Å². The zero-order valence-corrected chi connectivity index (χ0v) is 15.0. The van der Waals surface area contributed by atoms with Gasteiger partial charge in [-0.25, -0.2) is 0 Å². The predicted molar refractivity (Wildman–Crippen MR) is 94.9 cm³/mol. The highest BCUT2D eigenvalue weighted by molar-refractivity contribution is 5.82. The standard InChI is InChI=1S/C21H27NO3/c1-25-17-5-4-15-10-19-21(24)12-16(23)6-7-20(21,18(15)11-17)8-9-22(19)13-14-2-3-14/h4-5,11,14,19,24H,2-3,6-10,12-13H2,1H3/t19-,20?,21-/m1/s1. The van der Waals surface area contributed by atoms with E-state index >= 15 is 0 Å². The van der Waals surface area contributed by atoms with Gasteiger partial charge in [0.25, 0.3) is 0 Å². The zero-order chi connectivity index (χ0) is 17.2. The number of benzene rings is 1. The molecule has 4 nitrogen and oxygen atoms in total. The summed E-state index contributed by atoms with van der Waals surface area (Å²) in [6.45, 7) is 2.12. The number of carbonyl (C=O) groups is 1. The van der Waals surface area contributed by atoms with Crippen LogP contribution in [0.25, 0.3) is 0 Å². The second-order valence-electron chi connectivity index (χ2n) is 8.65. The normalized spacial score (nSPS) is 37.4. The highest BCUT2D eigenvalue weighted by Crippen LogP contribution is 2.58. The van der Waals surface area contributed by atoms with Crippen LogP contribution in [0, 0.1) is 5.92 Å². The molecule has 0 aromatic heterocycles. The van der Waals surface area contributed by atoms with Crippen molar-refractivity contribution in [2.75, 3.05) is 20.2 Å². The van der Waals surface area contributed by atoms with E-state index in [9.17, 15) is 9.90 Å². The molecule has 1 aromatic carbocycles. The fraction of sp³-hybridized carbons (Fsp3) is 0.667. The summed E-state index contributed by atoms with van der Waals surface area (Å²) in [7, 11) is 1.69. The third-order valence-electron chi connectivity index (χ3n) is 7.38. The maximum absolute atomic E-state index is 12.3. The molecule has 5 rings (SSSR count). The lowest BCUT2D eigenvalue weighted by atomic mass is 9.49. The van der Waals surface area contributed by atoms with Crippen molar-refractivity contribution in [1.29, 1.82) is 0 Å². The van der Waals surface area contributed by atoms with E-state index in [2.05, 4.69) is 17.0 Å². The van der Waals surface area contributed by atoms with E-state index in [1.54, 1.807) is 7.11 Å². The fourth-order valence-electron chi connectivity index (χ4n) is 5.86. The van der Waals surface area contributed by atoms with Gasteiger partial charge < -0.3 is 9.84 Å². The van der Waals surface area contributed by atoms with Crippen LogP contribution in [0.2, 0.25) is 0 Å². The first kappa shape index (κ1) is 15.8. The molecule has 3 fully saturated rings. The number of Topliss-reactive ketones (excluding diaryl/α,β-unsaturated/α-hetero) is 1. The van der Waals surface area contributed by atoms with Crippen molar-refractivity contribution < 1.29 is 14.6 Å². The number of fused-ring (bicyclic) bond motifs is 1. The molecule has 4 heteroatoms. The third-order valence-corrected chi connectivity index (χ3v) is 7.38. The Bertz CT molecular complexity index is 728. The lowest BCUT2D eigenvalue weighted by Crippen LogP contribution is -2.73. The van der Waals surface area contributed by atoms with Gasteiger partial charge in [0.05, 0.1) is 12.7 Å². The first-order valence-electron chi connectivity index (χ1n) is 9.71. The van der Waals surface area contributed by atoms with Crippen molar-refractivity contribution >= 4 is 5.78 Å². The number of ether oxygens (including phenoxy) is 1. The van der Waals surface area contributed by atoms with E-state index in [0.717, 1.165) is 44.0 Å². The van der Waals surface area contributed by atoms with Crippen molar-refractivity contribution in [3.63, 3.8) is 0 Å². The molecule has 134 valence electrons. The monoisotopic (exact) mass is 341 g/mol. The summed E-state index contributed by atoms with van der Waals surface area (Å²) in [6.07, 6.45) is 6.11. The lowest BCUT2D eigenvalue weighted by molar-refractivity contribution is -0.173. The van der Waals surface area contributed by atoms with Crippen molar-refractivity contribution in [3.05, 3.63) is 29.3 Å². The smallest absolute Gasteiger partial charge is 0.135 e. The highest BCUT2D eigenvalue weighted by atomic mass is 16.5. The van der Waals surface area contributed by atoms with Gasteiger partial charge in [0.2, 0.25) is 0 Å². The molecular weight excluding hydrogens is 314 g/mol. The molecule has 1 aromatic rings. The number of likely N-dealkylation sites (tertiary alicyclic amines) is 1. The predicted octanol–water partition coefficient (Wildman–Crippen LogP) is 2.46. The van der Waals surface area contributed by atoms with E-state index < -0.39 is 5.60 Å². The topological polar surface area (TPSA) is 49.8 Å². The quantitative estimate of drug-likeness (QED) is 0.917. The molecule has 2 bridgehead atoms. The first-order chi connectivity index (χ1) is 12.1. The molecule has 1 N–H and O–H groups in total. The number of rotatable bonds is 3. The van der Waals surface area contributed by atoms with Crippen LogP contribution in [-0.4, -0.2) is 47.6 Å². The second kappa shape index (κ2) is 5.31. The molecular formula is C21H27NO3. The Hall–Kier alpha value is -1.39. The summed E-state index contributed by atoms with van der Waals surface area (Å²) >= 11 is 0. The molecule has 25 heavy (non-hydrogen) atoms. The van der Waals surface area contributed by atoms with Gasteiger partial charge in [0.1, 0.15) is 11.5 Å². The summed E-state index contributed by atoms with van der Waals surface area (Å²) < 4.78 is 5.47. The van der Waals surface area contributed by atoms with Crippen molar-refractivity contribution in [2.24, 2.45) is 5.92 Å². The van der Waals surface area contributed by atoms with Crippen LogP contribution in [0.5, 0.6) is 5.75 Å². The summed E-state index contributed by atoms with van der Waals surface area (Å²) in [5.74, 6) is 1.88. The van der Waals surface area contributed by atoms with Crippen molar-refractivity contribution in [2.45, 2.75) is 62.0 Å². The second-order valence-corrected chi connectivity index (χ2v) is 8.65. The van der Waals surface area contributed by atoms with Crippen molar-refractivity contribution in [3.8, 4) is 5.75 Å². The fourth-order valence-corrected chi connectivity index (χ4v) is 5.86. The van der Waals surface area contributed by atoms with Crippen LogP contribution in [0.4, 0.5) is 0 Å². The van der Waals surface area contributed by atoms with Gasteiger partial charge in [0, 0.05) is 30.8 Å². The van der Waals surface area contributed by atoms with Crippen LogP contribution >= 0.6 is 0 Å². The number of hydrogen-bond acceptors (Lipinski definition) is 4. The van der Waals surface area contributed by atoms with Gasteiger partial charge in [0.15, 0.2) is 0 Å². The molecule has 3 aliphatic carbocycles. The summed E-state index contributed by atoms with van der Waals surface area (Å²) in [4.78, 5) is 14.8. The first-order valence-corrected chi connectivity index (χ1v) is 9.71. The zero-order valence-electron chi connectivity index (χ0n) is 15.0. The Kier molecular flexibility index (Phi) is 3.36. The Labute approximate surface area is 149 Å². The van der Waals surface area contributed by atoms with E-state index in [1.807, 2.05) is 6.07 Å². The SMILES string of the molecule is COc1ccc2c(c1)C13CCC(=O)C[C@@]1(O)[C@@H](C2)N(CC1CC1)CC3. The van der Waals surface area contributed by atoms with Gasteiger partial charge in [-0.05, 0) is 67.8 Å². The minimum Gasteiger partial charge on any atom is -0.497 e. The van der Waals surface area contributed by atoms with E-state index in [0.29, 0.717) is 12.8 Å². The van der Waals surface area contributed by atoms with Crippen LogP contribution in [0.1, 0.15) is 49.7 Å². The van der Waals surface area contributed by atoms with E-state index in [1.165, 1.54) is 24.0 Å². The Morgan fingerprint density at radius 2 is 2.16 bits per heavy atom. The molecule has 0 spiro atoms. The maximum atomic E-state index is 12.3. The van der Waals surface area contributed by atoms with Gasteiger partial charge in [-0.3, -0.25) is 9.69 Å². The molecule has 2 saturated carbocycles. The maximum Gasteiger partial charge on any atom is 0.135 e. The number of hydrogen-bond donors (Lipinski definition) is 1. The Balaban J connectivity index is 1.64. The molecule has 4 aliphatic rings. The average Bonchev–Trinajstić information content (AvgIpc) is 3.40. The van der Waals surface area contributed by atoms with Crippen LogP contribution in [0.15, 0.2) is 18.2 Å². The van der Waals surface area contributed by atoms with Gasteiger partial charge in [-0.1, -0.05) is 6.07 Å². The summed E-state index contributed by atoms with van der Waals surface area (Å²) in [6, 6.07) is 6.42. The molecule has 0 amide bonds. The minimum atomic E-state index is -0.922.